The Kier molecular flexibility index (Phi) is 9.38. The number of nitrogens with two attached hydrogens (primary N) is 1. The minimum Gasteiger partial charge on any atom is -0.495 e. The van der Waals surface area contributed by atoms with Crippen molar-refractivity contribution in [2.75, 3.05) is 19.0 Å². The van der Waals surface area contributed by atoms with Crippen molar-refractivity contribution in [3.8, 4) is 5.75 Å². The molecule has 0 aliphatic rings. The third-order valence-corrected chi connectivity index (χ3v) is 3.04. The summed E-state index contributed by atoms with van der Waals surface area (Å²) in [5.41, 5.74) is 6.71. The van der Waals surface area contributed by atoms with E-state index in [0.717, 1.165) is 30.8 Å². The number of anilines is 1. The first kappa shape index (κ1) is 18.0. The molecule has 0 radical (unpaired) electrons. The van der Waals surface area contributed by atoms with E-state index in [-0.39, 0.29) is 24.0 Å². The van der Waals surface area contributed by atoms with Gasteiger partial charge >= 0.3 is 0 Å². The summed E-state index contributed by atoms with van der Waals surface area (Å²) in [5, 5.41) is 3.07. The third-order valence-electron chi connectivity index (χ3n) is 3.04. The van der Waals surface area contributed by atoms with Crippen LogP contribution in [0, 0.1) is 5.92 Å². The van der Waals surface area contributed by atoms with Crippen LogP contribution >= 0.6 is 24.0 Å². The van der Waals surface area contributed by atoms with Crippen molar-refractivity contribution in [2.24, 2.45) is 16.6 Å². The van der Waals surface area contributed by atoms with E-state index >= 15 is 0 Å². The predicted octanol–water partition coefficient (Wildman–Crippen LogP) is 3.48. The molecule has 0 fully saturated rings. The molecular weight excluding hydrogens is 353 g/mol. The fraction of sp³-hybridized carbons (Fsp3) is 0.500. The maximum absolute atomic E-state index is 5.87. The van der Waals surface area contributed by atoms with Crippen LogP contribution in [0.2, 0.25) is 0 Å². The molecule has 0 aliphatic heterocycles. The highest BCUT2D eigenvalue weighted by Gasteiger charge is 2.04. The Morgan fingerprint density at radius 1 is 1.32 bits per heavy atom. The lowest BCUT2D eigenvalue weighted by Gasteiger charge is -2.12. The molecule has 0 aromatic heterocycles. The number of halogens is 1. The minimum atomic E-state index is 0. The Morgan fingerprint density at radius 3 is 2.53 bits per heavy atom. The maximum atomic E-state index is 5.87. The highest BCUT2D eigenvalue weighted by atomic mass is 127. The number of rotatable bonds is 6. The van der Waals surface area contributed by atoms with Gasteiger partial charge in [-0.25, -0.2) is 0 Å². The summed E-state index contributed by atoms with van der Waals surface area (Å²) in [6.45, 7) is 5.11. The highest BCUT2D eigenvalue weighted by molar-refractivity contribution is 14.0. The Hall–Kier alpha value is -0.980. The highest BCUT2D eigenvalue weighted by Crippen LogP contribution is 2.22. The van der Waals surface area contributed by atoms with Crippen LogP contribution < -0.4 is 15.8 Å². The first-order valence-electron chi connectivity index (χ1n) is 6.41. The van der Waals surface area contributed by atoms with Crippen molar-refractivity contribution in [3.63, 3.8) is 0 Å². The maximum Gasteiger partial charge on any atom is 0.193 e. The number of para-hydroxylation sites is 2. The molecule has 5 heteroatoms. The van der Waals surface area contributed by atoms with Gasteiger partial charge in [-0.3, -0.25) is 4.99 Å². The van der Waals surface area contributed by atoms with Crippen LogP contribution in [-0.4, -0.2) is 19.6 Å². The number of ether oxygens (including phenoxy) is 1. The van der Waals surface area contributed by atoms with Gasteiger partial charge in [0.15, 0.2) is 5.96 Å². The van der Waals surface area contributed by atoms with Gasteiger partial charge in [-0.1, -0.05) is 38.8 Å². The SMILES string of the molecule is CCC(CC)CN=C(N)Nc1ccccc1OC.I. The molecule has 0 saturated carbocycles. The number of hydrogen-bond acceptors (Lipinski definition) is 2. The van der Waals surface area contributed by atoms with Gasteiger partial charge in [0.05, 0.1) is 12.8 Å². The molecule has 0 saturated heterocycles. The number of nitrogens with one attached hydrogen (secondary N) is 1. The summed E-state index contributed by atoms with van der Waals surface area (Å²) >= 11 is 0. The number of guanidine groups is 1. The molecule has 19 heavy (non-hydrogen) atoms. The number of aliphatic imine (C=N–C) groups is 1. The average Bonchev–Trinajstić information content (AvgIpc) is 2.40. The number of benzene rings is 1. The van der Waals surface area contributed by atoms with Crippen molar-refractivity contribution in [2.45, 2.75) is 26.7 Å². The minimum absolute atomic E-state index is 0. The van der Waals surface area contributed by atoms with E-state index in [1.165, 1.54) is 0 Å². The summed E-state index contributed by atoms with van der Waals surface area (Å²) in [7, 11) is 1.64. The Labute approximate surface area is 132 Å². The summed E-state index contributed by atoms with van der Waals surface area (Å²) in [6.07, 6.45) is 2.25. The van der Waals surface area contributed by atoms with Gasteiger partial charge in [0, 0.05) is 6.54 Å². The molecule has 0 amide bonds. The molecule has 1 aromatic rings. The van der Waals surface area contributed by atoms with Crippen LogP contribution in [0.25, 0.3) is 0 Å². The smallest absolute Gasteiger partial charge is 0.193 e. The van der Waals surface area contributed by atoms with E-state index < -0.39 is 0 Å². The first-order chi connectivity index (χ1) is 8.71. The monoisotopic (exact) mass is 377 g/mol. The first-order valence-corrected chi connectivity index (χ1v) is 6.41. The number of methoxy groups -OCH3 is 1. The molecule has 0 heterocycles. The second kappa shape index (κ2) is 9.89. The Morgan fingerprint density at radius 2 is 1.95 bits per heavy atom. The fourth-order valence-electron chi connectivity index (χ4n) is 1.70. The standard InChI is InChI=1S/C14H23N3O.HI/c1-4-11(5-2)10-16-14(15)17-12-8-6-7-9-13(12)18-3;/h6-9,11H,4-5,10H2,1-3H3,(H3,15,16,17);1H. The Bertz CT molecular complexity index is 392. The summed E-state index contributed by atoms with van der Waals surface area (Å²) in [6, 6.07) is 7.65. The molecule has 0 bridgehead atoms. The molecule has 0 aliphatic carbocycles. The van der Waals surface area contributed by atoms with Crippen LogP contribution in [0.3, 0.4) is 0 Å². The summed E-state index contributed by atoms with van der Waals surface area (Å²) in [5.74, 6) is 1.80. The number of hydrogen-bond donors (Lipinski definition) is 2. The quantitative estimate of drug-likeness (QED) is 0.453. The van der Waals surface area contributed by atoms with Gasteiger partial charge in [-0.2, -0.15) is 0 Å². The summed E-state index contributed by atoms with van der Waals surface area (Å²) in [4.78, 5) is 4.36. The zero-order valence-electron chi connectivity index (χ0n) is 11.8. The lowest BCUT2D eigenvalue weighted by molar-refractivity contribution is 0.417. The molecule has 0 unspecified atom stereocenters. The van der Waals surface area contributed by atoms with Crippen molar-refractivity contribution in [1.82, 2.24) is 0 Å². The fourth-order valence-corrected chi connectivity index (χ4v) is 1.70. The van der Waals surface area contributed by atoms with Gasteiger partial charge in [-0.05, 0) is 18.1 Å². The molecule has 108 valence electrons. The van der Waals surface area contributed by atoms with E-state index in [0.29, 0.717) is 11.9 Å². The predicted molar refractivity (Wildman–Crippen MR) is 92.6 cm³/mol. The molecule has 0 spiro atoms. The van der Waals surface area contributed by atoms with Crippen molar-refractivity contribution < 1.29 is 4.74 Å². The normalized spacial score (nSPS) is 11.1. The van der Waals surface area contributed by atoms with Gasteiger partial charge in [-0.15, -0.1) is 24.0 Å². The molecule has 1 rings (SSSR count). The summed E-state index contributed by atoms with van der Waals surface area (Å²) < 4.78 is 5.24. The molecule has 3 N–H and O–H groups in total. The lowest BCUT2D eigenvalue weighted by atomic mass is 10.0. The van der Waals surface area contributed by atoms with Crippen LogP contribution in [0.5, 0.6) is 5.75 Å². The zero-order chi connectivity index (χ0) is 13.4. The topological polar surface area (TPSA) is 59.6 Å². The molecular formula is C14H24IN3O. The second-order valence-electron chi connectivity index (χ2n) is 4.23. The van der Waals surface area contributed by atoms with Gasteiger partial charge in [0.25, 0.3) is 0 Å². The largest absolute Gasteiger partial charge is 0.495 e. The van der Waals surface area contributed by atoms with E-state index in [4.69, 9.17) is 10.5 Å². The van der Waals surface area contributed by atoms with Gasteiger partial charge in [0.2, 0.25) is 0 Å². The second-order valence-corrected chi connectivity index (χ2v) is 4.23. The van der Waals surface area contributed by atoms with E-state index in [1.807, 2.05) is 24.3 Å². The van der Waals surface area contributed by atoms with E-state index in [1.54, 1.807) is 7.11 Å². The Balaban J connectivity index is 0.00000324. The lowest BCUT2D eigenvalue weighted by Crippen LogP contribution is -2.24. The number of nitrogens with zero attached hydrogens (tertiary/aromatic N) is 1. The third kappa shape index (κ3) is 6.13. The van der Waals surface area contributed by atoms with Crippen molar-refractivity contribution in [3.05, 3.63) is 24.3 Å². The van der Waals surface area contributed by atoms with Crippen LogP contribution in [0.1, 0.15) is 26.7 Å². The average molecular weight is 377 g/mol. The van der Waals surface area contributed by atoms with E-state index in [9.17, 15) is 0 Å². The van der Waals surface area contributed by atoms with Crippen LogP contribution in [0.4, 0.5) is 5.69 Å². The van der Waals surface area contributed by atoms with Crippen LogP contribution in [-0.2, 0) is 0 Å². The van der Waals surface area contributed by atoms with Gasteiger partial charge in [0.1, 0.15) is 5.75 Å². The van der Waals surface area contributed by atoms with Crippen molar-refractivity contribution >= 4 is 35.6 Å². The van der Waals surface area contributed by atoms with Crippen molar-refractivity contribution in [1.29, 1.82) is 0 Å². The van der Waals surface area contributed by atoms with Gasteiger partial charge < -0.3 is 15.8 Å². The van der Waals surface area contributed by atoms with Crippen LogP contribution in [0.15, 0.2) is 29.3 Å². The zero-order valence-corrected chi connectivity index (χ0v) is 14.2. The molecule has 4 nitrogen and oxygen atoms in total. The molecule has 1 aromatic carbocycles. The molecule has 0 atom stereocenters. The van der Waals surface area contributed by atoms with E-state index in [2.05, 4.69) is 24.2 Å².